The Bertz CT molecular complexity index is 932. The van der Waals surface area contributed by atoms with Crippen LogP contribution in [0.3, 0.4) is 0 Å². The molecule has 0 spiro atoms. The summed E-state index contributed by atoms with van der Waals surface area (Å²) in [5.41, 5.74) is 0.385. The summed E-state index contributed by atoms with van der Waals surface area (Å²) in [6.45, 7) is 2.72. The molecule has 2 aromatic rings. The van der Waals surface area contributed by atoms with Crippen LogP contribution in [0, 0.1) is 5.92 Å². The van der Waals surface area contributed by atoms with Gasteiger partial charge in [-0.1, -0.05) is 12.1 Å². The number of carbonyl (C=O) groups excluding carboxylic acids is 1. The van der Waals surface area contributed by atoms with E-state index in [0.717, 1.165) is 17.7 Å². The molecular formula is C20H24N2O5S2. The Morgan fingerprint density at radius 3 is 2.59 bits per heavy atom. The highest BCUT2D eigenvalue weighted by Crippen LogP contribution is 2.27. The third-order valence-electron chi connectivity index (χ3n) is 5.27. The minimum absolute atomic E-state index is 0.0996. The fourth-order valence-corrected chi connectivity index (χ4v) is 5.45. The number of nitrogens with zero attached hydrogens (tertiary/aromatic N) is 1. The maximum absolute atomic E-state index is 12.9. The van der Waals surface area contributed by atoms with Crippen molar-refractivity contribution in [1.82, 2.24) is 9.62 Å². The second-order valence-corrected chi connectivity index (χ2v) is 9.97. The van der Waals surface area contributed by atoms with E-state index in [9.17, 15) is 13.2 Å². The first-order valence-corrected chi connectivity index (χ1v) is 12.0. The van der Waals surface area contributed by atoms with Crippen LogP contribution in [0.4, 0.5) is 0 Å². The van der Waals surface area contributed by atoms with Gasteiger partial charge in [0.05, 0.1) is 18.1 Å². The summed E-state index contributed by atoms with van der Waals surface area (Å²) in [6.07, 6.45) is 1.48. The van der Waals surface area contributed by atoms with Gasteiger partial charge < -0.3 is 14.4 Å². The van der Waals surface area contributed by atoms with E-state index in [2.05, 4.69) is 4.72 Å². The van der Waals surface area contributed by atoms with Gasteiger partial charge in [0.25, 0.3) is 5.91 Å². The van der Waals surface area contributed by atoms with Crippen LogP contribution < -0.4 is 4.72 Å². The number of piperidine rings is 1. The Labute approximate surface area is 174 Å². The number of benzene rings is 1. The number of sulfonamides is 1. The monoisotopic (exact) mass is 436 g/mol. The van der Waals surface area contributed by atoms with Crippen LogP contribution in [-0.2, 0) is 26.0 Å². The number of likely N-dealkylation sites (tertiary alicyclic amines) is 1. The van der Waals surface area contributed by atoms with Gasteiger partial charge in [0.1, 0.15) is 0 Å². The predicted molar refractivity (Wildman–Crippen MR) is 109 cm³/mol. The molecule has 4 rings (SSSR count). The van der Waals surface area contributed by atoms with Gasteiger partial charge in [-0.2, -0.15) is 0 Å². The molecule has 7 nitrogen and oxygen atoms in total. The zero-order valence-electron chi connectivity index (χ0n) is 16.0. The van der Waals surface area contributed by atoms with Gasteiger partial charge in [-0.25, -0.2) is 13.1 Å². The third-order valence-corrected chi connectivity index (χ3v) is 7.54. The quantitative estimate of drug-likeness (QED) is 0.752. The first-order valence-electron chi connectivity index (χ1n) is 9.67. The van der Waals surface area contributed by atoms with Gasteiger partial charge >= 0.3 is 0 Å². The van der Waals surface area contributed by atoms with Crippen molar-refractivity contribution in [3.63, 3.8) is 0 Å². The molecule has 2 aliphatic rings. The summed E-state index contributed by atoms with van der Waals surface area (Å²) in [4.78, 5) is 15.7. The number of rotatable bonds is 6. The molecule has 1 N–H and O–H groups in total. The van der Waals surface area contributed by atoms with E-state index in [0.29, 0.717) is 37.8 Å². The van der Waals surface area contributed by atoms with Gasteiger partial charge in [-0.15, -0.1) is 11.3 Å². The van der Waals surface area contributed by atoms with Crippen LogP contribution in [0.1, 0.15) is 28.1 Å². The third kappa shape index (κ3) is 4.87. The minimum Gasteiger partial charge on any atom is -0.350 e. The van der Waals surface area contributed by atoms with Crippen LogP contribution in [0.5, 0.6) is 0 Å². The van der Waals surface area contributed by atoms with Crippen molar-refractivity contribution in [2.75, 3.05) is 26.3 Å². The Morgan fingerprint density at radius 2 is 1.90 bits per heavy atom. The highest BCUT2D eigenvalue weighted by molar-refractivity contribution is 7.89. The molecule has 1 amide bonds. The van der Waals surface area contributed by atoms with E-state index in [1.54, 1.807) is 17.0 Å². The number of nitrogens with one attached hydrogen (secondary N) is 1. The fourth-order valence-electron chi connectivity index (χ4n) is 3.67. The first-order chi connectivity index (χ1) is 14.0. The molecule has 156 valence electrons. The number of carbonyl (C=O) groups is 1. The molecule has 1 aromatic carbocycles. The maximum Gasteiger partial charge on any atom is 0.253 e. The van der Waals surface area contributed by atoms with Gasteiger partial charge in [0.15, 0.2) is 6.29 Å². The molecule has 0 saturated carbocycles. The molecule has 3 heterocycles. The van der Waals surface area contributed by atoms with Crippen molar-refractivity contribution >= 4 is 27.3 Å². The summed E-state index contributed by atoms with van der Waals surface area (Å²) in [7, 11) is -3.69. The Hall–Kier alpha value is -1.78. The van der Waals surface area contributed by atoms with Crippen molar-refractivity contribution in [3.05, 3.63) is 52.2 Å². The zero-order valence-corrected chi connectivity index (χ0v) is 17.6. The highest BCUT2D eigenvalue weighted by atomic mass is 32.2. The van der Waals surface area contributed by atoms with E-state index in [1.165, 1.54) is 23.5 Å². The summed E-state index contributed by atoms with van der Waals surface area (Å²) < 4.78 is 39.0. The Morgan fingerprint density at radius 1 is 1.14 bits per heavy atom. The molecule has 29 heavy (non-hydrogen) atoms. The van der Waals surface area contributed by atoms with E-state index in [1.807, 2.05) is 17.5 Å². The molecular weight excluding hydrogens is 412 g/mol. The van der Waals surface area contributed by atoms with Gasteiger partial charge in [-0.05, 0) is 42.5 Å². The number of amides is 1. The van der Waals surface area contributed by atoms with E-state index < -0.39 is 10.0 Å². The smallest absolute Gasteiger partial charge is 0.253 e. The normalized spacial score (nSPS) is 19.0. The van der Waals surface area contributed by atoms with E-state index in [4.69, 9.17) is 9.47 Å². The van der Waals surface area contributed by atoms with Crippen molar-refractivity contribution in [3.8, 4) is 0 Å². The lowest BCUT2D eigenvalue weighted by molar-refractivity contribution is -0.0956. The number of hydrogen-bond acceptors (Lipinski definition) is 6. The molecule has 0 aliphatic carbocycles. The number of hydrogen-bond donors (Lipinski definition) is 1. The molecule has 0 atom stereocenters. The molecule has 0 bridgehead atoms. The lowest BCUT2D eigenvalue weighted by Gasteiger charge is -2.34. The molecule has 2 saturated heterocycles. The van der Waals surface area contributed by atoms with E-state index >= 15 is 0 Å². The standard InChI is InChI=1S/C20H24N2O5S2/c23-19(22-8-6-15(7-9-22)20-26-10-11-27-20)16-3-1-5-18(13-16)29(24,25)21-14-17-4-2-12-28-17/h1-5,12-13,15,20-21H,6-11,14H2. The van der Waals surface area contributed by atoms with Crippen molar-refractivity contribution in [2.24, 2.45) is 5.92 Å². The summed E-state index contributed by atoms with van der Waals surface area (Å²) in [5, 5.41) is 1.90. The molecule has 2 fully saturated rings. The first kappa shape index (κ1) is 20.5. The van der Waals surface area contributed by atoms with Crippen LogP contribution in [0.25, 0.3) is 0 Å². The van der Waals surface area contributed by atoms with Crippen molar-refractivity contribution < 1.29 is 22.7 Å². The number of thiophene rings is 1. The van der Waals surface area contributed by atoms with Crippen molar-refractivity contribution in [2.45, 2.75) is 30.6 Å². The van der Waals surface area contributed by atoms with Crippen LogP contribution in [-0.4, -0.2) is 51.8 Å². The molecule has 9 heteroatoms. The lowest BCUT2D eigenvalue weighted by atomic mass is 9.95. The average molecular weight is 437 g/mol. The predicted octanol–water partition coefficient (Wildman–Crippen LogP) is 2.45. The van der Waals surface area contributed by atoms with Gasteiger partial charge in [0, 0.05) is 36.0 Å². The average Bonchev–Trinajstić information content (AvgIpc) is 3.46. The SMILES string of the molecule is O=C(c1cccc(S(=O)(=O)NCc2cccs2)c1)N1CCC(C2OCCO2)CC1. The largest absolute Gasteiger partial charge is 0.350 e. The van der Waals surface area contributed by atoms with E-state index in [-0.39, 0.29) is 23.6 Å². The van der Waals surface area contributed by atoms with Gasteiger partial charge in [-0.3, -0.25) is 4.79 Å². The van der Waals surface area contributed by atoms with Crippen molar-refractivity contribution in [1.29, 1.82) is 0 Å². The fraction of sp³-hybridized carbons (Fsp3) is 0.450. The molecule has 2 aliphatic heterocycles. The Balaban J connectivity index is 1.39. The second-order valence-electron chi connectivity index (χ2n) is 7.17. The maximum atomic E-state index is 12.9. The highest BCUT2D eigenvalue weighted by Gasteiger charge is 2.32. The Kier molecular flexibility index (Phi) is 6.31. The molecule has 0 radical (unpaired) electrons. The summed E-state index contributed by atoms with van der Waals surface area (Å²) >= 11 is 1.49. The molecule has 1 aromatic heterocycles. The summed E-state index contributed by atoms with van der Waals surface area (Å²) in [5.74, 6) is 0.154. The second kappa shape index (κ2) is 8.93. The van der Waals surface area contributed by atoms with Gasteiger partial charge in [0.2, 0.25) is 10.0 Å². The minimum atomic E-state index is -3.69. The van der Waals surface area contributed by atoms with Crippen LogP contribution in [0.2, 0.25) is 0 Å². The lowest BCUT2D eigenvalue weighted by Crippen LogP contribution is -2.41. The zero-order chi connectivity index (χ0) is 20.3. The summed E-state index contributed by atoms with van der Waals surface area (Å²) in [6, 6.07) is 9.98. The van der Waals surface area contributed by atoms with Crippen LogP contribution >= 0.6 is 11.3 Å². The topological polar surface area (TPSA) is 84.9 Å². The number of ether oxygens (including phenoxy) is 2. The van der Waals surface area contributed by atoms with Crippen LogP contribution in [0.15, 0.2) is 46.7 Å². The molecule has 0 unspecified atom stereocenters.